The van der Waals surface area contributed by atoms with E-state index in [1.54, 1.807) is 11.3 Å². The van der Waals surface area contributed by atoms with Crippen molar-refractivity contribution in [1.29, 1.82) is 0 Å². The molecular formula is C25H30N2OS. The Morgan fingerprint density at radius 3 is 2.55 bits per heavy atom. The van der Waals surface area contributed by atoms with Crippen LogP contribution in [0.2, 0.25) is 0 Å². The number of hydrogen-bond donors (Lipinski definition) is 0. The van der Waals surface area contributed by atoms with Crippen LogP contribution in [0.4, 0.5) is 0 Å². The average Bonchev–Trinajstić information content (AvgIpc) is 3.03. The standard InChI is InChI=1S/C25H30N2OS/c1-5-7-8-19-11-14-22-23(16-19)29-25(27(22)15-6-2)26-24(28)17-20-9-12-21(13-10-20)18(3)4/h6,9-14,16,18H,2,5,7-8,15,17H2,1,3-4H3. The van der Waals surface area contributed by atoms with E-state index in [-0.39, 0.29) is 5.91 Å². The lowest BCUT2D eigenvalue weighted by atomic mass is 10.0. The van der Waals surface area contributed by atoms with E-state index in [9.17, 15) is 4.79 Å². The van der Waals surface area contributed by atoms with E-state index in [2.05, 4.69) is 67.2 Å². The molecule has 0 radical (unpaired) electrons. The summed E-state index contributed by atoms with van der Waals surface area (Å²) in [5, 5.41) is 0. The minimum Gasteiger partial charge on any atom is -0.313 e. The molecule has 1 heterocycles. The maximum absolute atomic E-state index is 12.6. The van der Waals surface area contributed by atoms with Crippen molar-refractivity contribution in [1.82, 2.24) is 4.57 Å². The number of aromatic nitrogens is 1. The first-order valence-electron chi connectivity index (χ1n) is 10.4. The topological polar surface area (TPSA) is 34.4 Å². The molecule has 29 heavy (non-hydrogen) atoms. The van der Waals surface area contributed by atoms with Gasteiger partial charge in [-0.1, -0.05) is 74.9 Å². The number of fused-ring (bicyclic) bond motifs is 1. The predicted octanol–water partition coefficient (Wildman–Crippen LogP) is 6.02. The van der Waals surface area contributed by atoms with Crippen molar-refractivity contribution >= 4 is 27.5 Å². The predicted molar refractivity (Wildman–Crippen MR) is 123 cm³/mol. The van der Waals surface area contributed by atoms with Gasteiger partial charge in [0.05, 0.1) is 16.6 Å². The van der Waals surface area contributed by atoms with Crippen molar-refractivity contribution in [2.75, 3.05) is 0 Å². The summed E-state index contributed by atoms with van der Waals surface area (Å²) in [7, 11) is 0. The van der Waals surface area contributed by atoms with Gasteiger partial charge in [0.2, 0.25) is 0 Å². The molecule has 0 spiro atoms. The Morgan fingerprint density at radius 1 is 1.17 bits per heavy atom. The van der Waals surface area contributed by atoms with Crippen LogP contribution in [0.5, 0.6) is 0 Å². The molecule has 0 bridgehead atoms. The third-order valence-electron chi connectivity index (χ3n) is 5.10. The van der Waals surface area contributed by atoms with Gasteiger partial charge in [-0.3, -0.25) is 4.79 Å². The Labute approximate surface area is 177 Å². The monoisotopic (exact) mass is 406 g/mol. The van der Waals surface area contributed by atoms with Crippen molar-refractivity contribution in [3.63, 3.8) is 0 Å². The maximum atomic E-state index is 12.6. The van der Waals surface area contributed by atoms with E-state index in [1.807, 2.05) is 18.2 Å². The first-order chi connectivity index (χ1) is 14.0. The summed E-state index contributed by atoms with van der Waals surface area (Å²) in [5.41, 5.74) is 4.74. The molecule has 0 atom stereocenters. The lowest BCUT2D eigenvalue weighted by Gasteiger charge is -2.05. The zero-order valence-electron chi connectivity index (χ0n) is 17.6. The molecule has 3 rings (SSSR count). The maximum Gasteiger partial charge on any atom is 0.252 e. The number of thiazole rings is 1. The summed E-state index contributed by atoms with van der Waals surface area (Å²) >= 11 is 1.58. The molecule has 0 saturated carbocycles. The van der Waals surface area contributed by atoms with Gasteiger partial charge in [0.15, 0.2) is 4.80 Å². The van der Waals surface area contributed by atoms with Crippen LogP contribution in [0.1, 0.15) is 56.2 Å². The minimum atomic E-state index is -0.113. The van der Waals surface area contributed by atoms with Crippen molar-refractivity contribution in [2.45, 2.75) is 58.9 Å². The summed E-state index contributed by atoms with van der Waals surface area (Å²) in [4.78, 5) is 17.8. The highest BCUT2D eigenvalue weighted by molar-refractivity contribution is 7.16. The Morgan fingerprint density at radius 2 is 1.90 bits per heavy atom. The van der Waals surface area contributed by atoms with Crippen molar-refractivity contribution < 1.29 is 4.79 Å². The highest BCUT2D eigenvalue weighted by Gasteiger charge is 2.09. The third kappa shape index (κ3) is 5.33. The molecule has 0 aliphatic rings. The van der Waals surface area contributed by atoms with Crippen LogP contribution in [-0.4, -0.2) is 10.5 Å². The minimum absolute atomic E-state index is 0.113. The molecular weight excluding hydrogens is 376 g/mol. The van der Waals surface area contributed by atoms with Crippen LogP contribution in [0.15, 0.2) is 60.1 Å². The third-order valence-corrected chi connectivity index (χ3v) is 6.14. The van der Waals surface area contributed by atoms with Gasteiger partial charge in [-0.15, -0.1) is 6.58 Å². The van der Waals surface area contributed by atoms with E-state index in [1.165, 1.54) is 28.7 Å². The van der Waals surface area contributed by atoms with Crippen LogP contribution in [0, 0.1) is 0 Å². The summed E-state index contributed by atoms with van der Waals surface area (Å²) in [5.74, 6) is 0.376. The first-order valence-corrected chi connectivity index (χ1v) is 11.2. The average molecular weight is 407 g/mol. The Balaban J connectivity index is 1.89. The number of nitrogens with zero attached hydrogens (tertiary/aromatic N) is 2. The van der Waals surface area contributed by atoms with Gasteiger partial charge >= 0.3 is 0 Å². The lowest BCUT2D eigenvalue weighted by Crippen LogP contribution is -2.16. The Hall–Kier alpha value is -2.46. The zero-order chi connectivity index (χ0) is 20.8. The SMILES string of the molecule is C=CCn1c(=NC(=O)Cc2ccc(C(C)C)cc2)sc2cc(CCCC)ccc21. The number of carbonyl (C=O) groups is 1. The fraction of sp³-hybridized carbons (Fsp3) is 0.360. The molecule has 2 aromatic carbocycles. The highest BCUT2D eigenvalue weighted by Crippen LogP contribution is 2.21. The molecule has 0 fully saturated rings. The summed E-state index contributed by atoms with van der Waals surface area (Å²) in [6, 6.07) is 14.8. The van der Waals surface area contributed by atoms with Gasteiger partial charge in [-0.25, -0.2) is 0 Å². The van der Waals surface area contributed by atoms with Gasteiger partial charge in [-0.05, 0) is 47.6 Å². The lowest BCUT2D eigenvalue weighted by molar-refractivity contribution is -0.117. The quantitative estimate of drug-likeness (QED) is 0.421. The summed E-state index contributed by atoms with van der Waals surface area (Å²) in [6.07, 6.45) is 5.64. The molecule has 0 N–H and O–H groups in total. The molecule has 0 saturated heterocycles. The van der Waals surface area contributed by atoms with Crippen LogP contribution in [-0.2, 0) is 24.2 Å². The molecule has 0 unspecified atom stereocenters. The van der Waals surface area contributed by atoms with Gasteiger partial charge in [0, 0.05) is 6.54 Å². The second-order valence-corrected chi connectivity index (χ2v) is 8.78. The number of rotatable bonds is 8. The van der Waals surface area contributed by atoms with Crippen LogP contribution >= 0.6 is 11.3 Å². The molecule has 3 aromatic rings. The van der Waals surface area contributed by atoms with E-state index >= 15 is 0 Å². The molecule has 0 aliphatic heterocycles. The first kappa shape index (κ1) is 21.3. The fourth-order valence-electron chi connectivity index (χ4n) is 3.39. The van der Waals surface area contributed by atoms with Gasteiger partial charge in [0.1, 0.15) is 0 Å². The van der Waals surface area contributed by atoms with E-state index < -0.39 is 0 Å². The molecule has 152 valence electrons. The van der Waals surface area contributed by atoms with Crippen molar-refractivity contribution in [3.05, 3.63) is 76.6 Å². The Bertz CT molecular complexity index is 1050. The molecule has 1 aromatic heterocycles. The van der Waals surface area contributed by atoms with Gasteiger partial charge in [0.25, 0.3) is 5.91 Å². The molecule has 4 heteroatoms. The number of carbonyl (C=O) groups excluding carboxylic acids is 1. The van der Waals surface area contributed by atoms with Crippen molar-refractivity contribution in [2.24, 2.45) is 4.99 Å². The fourth-order valence-corrected chi connectivity index (χ4v) is 4.51. The molecule has 1 amide bonds. The van der Waals surface area contributed by atoms with E-state index in [4.69, 9.17) is 0 Å². The number of aryl methyl sites for hydroxylation is 1. The normalized spacial score (nSPS) is 12.1. The van der Waals surface area contributed by atoms with Crippen LogP contribution < -0.4 is 4.80 Å². The highest BCUT2D eigenvalue weighted by atomic mass is 32.1. The largest absolute Gasteiger partial charge is 0.313 e. The van der Waals surface area contributed by atoms with Crippen LogP contribution in [0.3, 0.4) is 0 Å². The summed E-state index contributed by atoms with van der Waals surface area (Å²) in [6.45, 7) is 11.1. The van der Waals surface area contributed by atoms with Crippen molar-refractivity contribution in [3.8, 4) is 0 Å². The zero-order valence-corrected chi connectivity index (χ0v) is 18.5. The van der Waals surface area contributed by atoms with Gasteiger partial charge < -0.3 is 4.57 Å². The second-order valence-electron chi connectivity index (χ2n) is 7.77. The van der Waals surface area contributed by atoms with Crippen LogP contribution in [0.25, 0.3) is 10.2 Å². The number of unbranched alkanes of at least 4 members (excludes halogenated alkanes) is 1. The number of allylic oxidation sites excluding steroid dienone is 1. The summed E-state index contributed by atoms with van der Waals surface area (Å²) < 4.78 is 3.25. The van der Waals surface area contributed by atoms with E-state index in [0.29, 0.717) is 18.9 Å². The number of hydrogen-bond acceptors (Lipinski definition) is 2. The smallest absolute Gasteiger partial charge is 0.252 e. The molecule has 3 nitrogen and oxygen atoms in total. The number of amides is 1. The molecule has 0 aliphatic carbocycles. The van der Waals surface area contributed by atoms with Gasteiger partial charge in [-0.2, -0.15) is 4.99 Å². The van der Waals surface area contributed by atoms with E-state index in [0.717, 1.165) is 22.3 Å². The second kappa shape index (κ2) is 9.84. The Kier molecular flexibility index (Phi) is 7.21. The number of benzene rings is 2.